The third-order valence-electron chi connectivity index (χ3n) is 34.3. The molecule has 8 fully saturated rings. The van der Waals surface area contributed by atoms with Crippen molar-refractivity contribution in [2.24, 2.45) is 112 Å². The van der Waals surface area contributed by atoms with Gasteiger partial charge in [0.15, 0.2) is 46.5 Å². The monoisotopic (exact) mass is 1610 g/mol. The van der Waals surface area contributed by atoms with Gasteiger partial charge in [0.25, 0.3) is 0 Å². The molecule has 8 saturated carbocycles. The highest BCUT2D eigenvalue weighted by molar-refractivity contribution is 6.01. The first-order chi connectivity index (χ1) is 54.3. The molecule has 0 radical (unpaired) electrons. The number of ether oxygens (including phenoxy) is 2. The third kappa shape index (κ3) is 12.9. The van der Waals surface area contributed by atoms with E-state index in [9.17, 15) is 53.6 Å². The molecule has 116 heavy (non-hydrogen) atoms. The first-order valence-corrected chi connectivity index (χ1v) is 43.2. The lowest BCUT2D eigenvalue weighted by molar-refractivity contribution is -0.235. The molecule has 19 atom stereocenters. The predicted octanol–water partition coefficient (Wildman–Crippen LogP) is 14.6. The van der Waals surface area contributed by atoms with E-state index in [-0.39, 0.29) is 152 Å². The van der Waals surface area contributed by atoms with Gasteiger partial charge in [-0.2, -0.15) is 0 Å². The number of rotatable bonds is 24. The summed E-state index contributed by atoms with van der Waals surface area (Å²) in [6, 6.07) is 0. The van der Waals surface area contributed by atoms with E-state index in [0.717, 1.165) is 118 Å². The molecule has 10 aliphatic rings. The number of aliphatic hydroxyl groups is 2. The van der Waals surface area contributed by atoms with Gasteiger partial charge in [-0.1, -0.05) is 96.9 Å². The fourth-order valence-electron chi connectivity index (χ4n) is 27.9. The quantitative estimate of drug-likeness (QED) is 0.0355. The maximum absolute atomic E-state index is 16.6. The maximum atomic E-state index is 16.6. The van der Waals surface area contributed by atoms with Crippen molar-refractivity contribution in [3.05, 3.63) is 69.9 Å². The summed E-state index contributed by atoms with van der Waals surface area (Å²) in [5, 5.41) is 72.6. The average molecular weight is 1610 g/mol. The molecule has 0 saturated heterocycles. The second-order valence-corrected chi connectivity index (χ2v) is 41.8. The van der Waals surface area contributed by atoms with Gasteiger partial charge < -0.3 is 49.7 Å². The Bertz CT molecular complexity index is 4650. The van der Waals surface area contributed by atoms with Gasteiger partial charge in [-0.05, 0) is 240 Å². The van der Waals surface area contributed by atoms with E-state index in [0.29, 0.717) is 62.9 Å². The Morgan fingerprint density at radius 1 is 0.534 bits per heavy atom. The zero-order valence-corrected chi connectivity index (χ0v) is 72.1. The Labute approximate surface area is 682 Å². The summed E-state index contributed by atoms with van der Waals surface area (Å²) in [5.41, 5.74) is -3.88. The van der Waals surface area contributed by atoms with Crippen molar-refractivity contribution in [1.29, 1.82) is 0 Å². The molecule has 14 rings (SSSR count). The molecular formula is C90H128F2N12O12. The number of carboxylic acid groups (broad SMARTS) is 2. The first kappa shape index (κ1) is 85.3. The molecule has 4 heterocycles. The van der Waals surface area contributed by atoms with Crippen molar-refractivity contribution >= 4 is 35.4 Å². The molecule has 10 aliphatic carbocycles. The number of allylic oxidation sites excluding steroid dienone is 2. The standard InChI is InChI=1S/C90H128F2N12O12/c1-48(2)65-55(105)41-89(69(109)73-99-101-75(103(73)38-36-93-18)71-95-45-50(91)46-96-71)34-32-85(14)51(67(65)89)20-23-60-84(13)29-27-62(81(9,10)58(84)25-31-88(60,85)17)116-64(108)44-82(11,78(113)114)40-54-53(92)47-97-72(98-54)76-102-100-74(104(76)39-37-94-19)70(110)90-35-33-86(15)52(68(90)66(49(3)4)56(106)42-90)21-22-59-83(12)28-26-61(115-63(107)43-79(5,6)77(111)112)80(7,8)57(83)24-30-87(59,86)16/h45-49,51-52,57-62,69-70,93-94,109-110H,20-44H2,1-19H3,(H,111,112)(H,113,114)/t51-,52-,57+,58+,59-,60-,61+,62+,69-,70+,82?,83+,84+,85-,86-,87-,88-,89-,90-/m1/s1. The largest absolute Gasteiger partial charge is 0.481 e. The van der Waals surface area contributed by atoms with Crippen LogP contribution in [-0.2, 0) is 57.8 Å². The number of carbonyl (C=O) groups is 6. The number of hydrogen-bond donors (Lipinski definition) is 6. The van der Waals surface area contributed by atoms with Crippen molar-refractivity contribution in [1.82, 2.24) is 60.1 Å². The van der Waals surface area contributed by atoms with Gasteiger partial charge in [0, 0.05) is 67.1 Å². The molecule has 26 heteroatoms. The van der Waals surface area contributed by atoms with E-state index in [1.807, 2.05) is 11.6 Å². The summed E-state index contributed by atoms with van der Waals surface area (Å²) in [6.07, 6.45) is 11.0. The number of halogens is 2. The van der Waals surface area contributed by atoms with Gasteiger partial charge in [-0.3, -0.25) is 28.8 Å². The van der Waals surface area contributed by atoms with E-state index >= 15 is 4.39 Å². The minimum absolute atomic E-state index is 0.0150. The highest BCUT2D eigenvalue weighted by atomic mass is 19.1. The van der Waals surface area contributed by atoms with Crippen LogP contribution in [0, 0.1) is 124 Å². The highest BCUT2D eigenvalue weighted by Gasteiger charge is 2.74. The van der Waals surface area contributed by atoms with Crippen molar-refractivity contribution in [3.8, 4) is 23.3 Å². The van der Waals surface area contributed by atoms with E-state index in [4.69, 9.17) is 19.6 Å². The third-order valence-corrected chi connectivity index (χ3v) is 34.3. The van der Waals surface area contributed by atoms with Crippen LogP contribution in [0.4, 0.5) is 8.78 Å². The maximum Gasteiger partial charge on any atom is 0.310 e. The van der Waals surface area contributed by atoms with Crippen LogP contribution in [-0.4, -0.2) is 145 Å². The number of esters is 2. The zero-order chi connectivity index (χ0) is 84.3. The fraction of sp³-hybridized carbons (Fsp3) is 0.756. The van der Waals surface area contributed by atoms with Crippen LogP contribution in [0.25, 0.3) is 23.3 Å². The molecule has 6 N–H and O–H groups in total. The van der Waals surface area contributed by atoms with E-state index < -0.39 is 93.7 Å². The van der Waals surface area contributed by atoms with Crippen LogP contribution < -0.4 is 10.6 Å². The molecule has 1 unspecified atom stereocenters. The normalized spacial score (nSPS) is 35.5. The van der Waals surface area contributed by atoms with Crippen LogP contribution in [0.15, 0.2) is 40.9 Å². The summed E-state index contributed by atoms with van der Waals surface area (Å²) in [4.78, 5) is 101. The summed E-state index contributed by atoms with van der Waals surface area (Å²) in [7, 11) is 3.63. The number of aliphatic hydroxyl groups excluding tert-OH is 2. The van der Waals surface area contributed by atoms with Gasteiger partial charge in [-0.25, -0.2) is 28.7 Å². The Morgan fingerprint density at radius 3 is 1.37 bits per heavy atom. The van der Waals surface area contributed by atoms with Crippen LogP contribution >= 0.6 is 0 Å². The Hall–Kier alpha value is -7.16. The van der Waals surface area contributed by atoms with Crippen LogP contribution in [0.2, 0.25) is 0 Å². The van der Waals surface area contributed by atoms with Crippen molar-refractivity contribution < 1.29 is 67.4 Å². The van der Waals surface area contributed by atoms with E-state index in [1.165, 1.54) is 6.92 Å². The molecule has 634 valence electrons. The lowest BCUT2D eigenvalue weighted by Crippen LogP contribution is -2.66. The number of aliphatic carboxylic acids is 2. The number of likely N-dealkylation sites (N-methyl/N-ethyl adjacent to an activating group) is 2. The molecular weight excluding hydrogens is 1480 g/mol. The fourth-order valence-corrected chi connectivity index (χ4v) is 27.9. The zero-order valence-electron chi connectivity index (χ0n) is 72.1. The van der Waals surface area contributed by atoms with Crippen LogP contribution in [0.1, 0.15) is 276 Å². The molecule has 0 amide bonds. The van der Waals surface area contributed by atoms with Gasteiger partial charge in [0.05, 0.1) is 48.0 Å². The van der Waals surface area contributed by atoms with E-state index in [1.54, 1.807) is 25.5 Å². The van der Waals surface area contributed by atoms with Gasteiger partial charge >= 0.3 is 23.9 Å². The summed E-state index contributed by atoms with van der Waals surface area (Å²) < 4.78 is 47.1. The number of hydrogen-bond acceptors (Lipinski definition) is 20. The number of Topliss-reactive ketones (excluding diaryl/α,β-unsaturated/α-hetero) is 2. The minimum Gasteiger partial charge on any atom is -0.481 e. The Kier molecular flexibility index (Phi) is 21.8. The molecule has 0 aromatic carbocycles. The van der Waals surface area contributed by atoms with Gasteiger partial charge in [-0.15, -0.1) is 20.4 Å². The Morgan fingerprint density at radius 2 is 0.957 bits per heavy atom. The molecule has 24 nitrogen and oxygen atoms in total. The van der Waals surface area contributed by atoms with Gasteiger partial charge in [0.1, 0.15) is 24.4 Å². The first-order valence-electron chi connectivity index (χ1n) is 43.2. The number of carboxylic acids is 2. The minimum atomic E-state index is -1.91. The molecule has 4 aromatic heterocycles. The second-order valence-electron chi connectivity index (χ2n) is 41.8. The van der Waals surface area contributed by atoms with Crippen LogP contribution in [0.5, 0.6) is 0 Å². The van der Waals surface area contributed by atoms with E-state index in [2.05, 4.69) is 138 Å². The van der Waals surface area contributed by atoms with Gasteiger partial charge in [0.2, 0.25) is 11.6 Å². The predicted molar refractivity (Wildman–Crippen MR) is 429 cm³/mol. The summed E-state index contributed by atoms with van der Waals surface area (Å²) in [5.74, 6) is -3.33. The van der Waals surface area contributed by atoms with Crippen molar-refractivity contribution in [2.75, 3.05) is 27.2 Å². The van der Waals surface area contributed by atoms with Crippen molar-refractivity contribution in [3.63, 3.8) is 0 Å². The number of nitrogens with one attached hydrogen (secondary N) is 2. The van der Waals surface area contributed by atoms with Crippen LogP contribution in [0.3, 0.4) is 0 Å². The summed E-state index contributed by atoms with van der Waals surface area (Å²) >= 11 is 0. The molecule has 0 spiro atoms. The summed E-state index contributed by atoms with van der Waals surface area (Å²) in [6.45, 7) is 37.8. The highest BCUT2D eigenvalue weighted by Crippen LogP contribution is 2.80. The molecule has 0 aliphatic heterocycles. The number of carbonyl (C=O) groups excluding carboxylic acids is 4. The number of ketones is 2. The number of aromatic nitrogens is 10. The SMILES string of the molecule is CNCCn1c(-c2ncc(F)cn2)nnc1[C@@H](O)[C@@]12CC[C@]3(C)[C@H](CC[C@@H]4[C@@]5(C)CC[C@H](OC(=O)CC(C)(Cc6nc(-c7nnc([C@H](O)[C@@]89CC[C@]%10(C)[C@H](CC[C@@H]%11[C@@]%12(C)CC[C@H](OC(=O)CC(C)(C)C(=O)O)C(C)(C)[C@@H]%12CC[C@]%11%10C)C8=C(C(C)C)C(=O)C9)n7CCNC)ncc6F)C(=O)O)C(C)(C)[C@@H]5CC[C@]43C)C1=C(C(C)C)C(=O)C2. The molecule has 4 aromatic rings. The number of nitrogens with zero attached hydrogens (tertiary/aromatic N) is 10. The Balaban J connectivity index is 0.679. The average Bonchev–Trinajstić information content (AvgIpc) is 1.12. The smallest absolute Gasteiger partial charge is 0.310 e. The lowest BCUT2D eigenvalue weighted by Gasteiger charge is -2.72. The second kappa shape index (κ2) is 29.6. The molecule has 0 bridgehead atoms. The lowest BCUT2D eigenvalue weighted by atomic mass is 9.33. The van der Waals surface area contributed by atoms with Crippen molar-refractivity contribution in [2.45, 2.75) is 290 Å². The number of fused-ring (bicyclic) bond motifs is 14. The topological polar surface area (TPSA) is 339 Å².